The maximum atomic E-state index is 11.3. The lowest BCUT2D eigenvalue weighted by Gasteiger charge is -2.08. The third kappa shape index (κ3) is 7.04. The zero-order valence-electron chi connectivity index (χ0n) is 16.6. The second-order valence-corrected chi connectivity index (χ2v) is 6.36. The van der Waals surface area contributed by atoms with Crippen LogP contribution in [0, 0.1) is 0 Å². The minimum absolute atomic E-state index is 0.157. The fourth-order valence-electron chi connectivity index (χ4n) is 2.82. The number of hydrazine groups is 1. The molecule has 0 aliphatic carbocycles. The zero-order valence-corrected chi connectivity index (χ0v) is 16.6. The van der Waals surface area contributed by atoms with Crippen LogP contribution in [0.4, 0.5) is 0 Å². The molecular weight excluding hydrogens is 354 g/mol. The van der Waals surface area contributed by atoms with Crippen LogP contribution < -0.4 is 16.0 Å². The Hall–Kier alpha value is -2.86. The van der Waals surface area contributed by atoms with Gasteiger partial charge in [0.2, 0.25) is 0 Å². The number of nitrogens with one attached hydrogen (secondary N) is 1. The van der Waals surface area contributed by atoms with Crippen molar-refractivity contribution in [3.8, 4) is 5.75 Å². The van der Waals surface area contributed by atoms with Crippen molar-refractivity contribution < 1.29 is 14.3 Å². The SMILES string of the molecule is CCOC(=O)CCCCN=C(NN)c1ccc(Cc2cccc(OC)c2)cc1. The molecule has 0 fully saturated rings. The highest BCUT2D eigenvalue weighted by molar-refractivity contribution is 5.98. The van der Waals surface area contributed by atoms with E-state index >= 15 is 0 Å². The summed E-state index contributed by atoms with van der Waals surface area (Å²) in [6, 6.07) is 16.2. The van der Waals surface area contributed by atoms with Crippen molar-refractivity contribution >= 4 is 11.8 Å². The molecule has 0 spiro atoms. The van der Waals surface area contributed by atoms with Gasteiger partial charge in [-0.2, -0.15) is 0 Å². The Labute approximate surface area is 166 Å². The maximum Gasteiger partial charge on any atom is 0.305 e. The minimum Gasteiger partial charge on any atom is -0.497 e. The number of methoxy groups -OCH3 is 1. The summed E-state index contributed by atoms with van der Waals surface area (Å²) in [4.78, 5) is 15.8. The standard InChI is InChI=1S/C22H29N3O3/c1-3-28-21(26)9-4-5-14-24-22(25-23)19-12-10-17(11-13-19)15-18-7-6-8-20(16-18)27-2/h6-8,10-13,16H,3-5,9,14-15,23H2,1-2H3,(H,24,25). The molecule has 0 radical (unpaired) electrons. The Balaban J connectivity index is 1.89. The molecular formula is C22H29N3O3. The van der Waals surface area contributed by atoms with Crippen LogP contribution >= 0.6 is 0 Å². The van der Waals surface area contributed by atoms with E-state index in [1.165, 1.54) is 11.1 Å². The number of nitrogens with zero attached hydrogens (tertiary/aromatic N) is 1. The van der Waals surface area contributed by atoms with Crippen molar-refractivity contribution in [3.63, 3.8) is 0 Å². The fraction of sp³-hybridized carbons (Fsp3) is 0.364. The van der Waals surface area contributed by atoms with E-state index in [-0.39, 0.29) is 5.97 Å². The zero-order chi connectivity index (χ0) is 20.2. The van der Waals surface area contributed by atoms with Gasteiger partial charge in [-0.25, -0.2) is 5.84 Å². The number of esters is 1. The van der Waals surface area contributed by atoms with Crippen LogP contribution in [-0.4, -0.2) is 32.1 Å². The highest BCUT2D eigenvalue weighted by Crippen LogP contribution is 2.16. The molecule has 0 saturated carbocycles. The number of nitrogens with two attached hydrogens (primary N) is 1. The van der Waals surface area contributed by atoms with Crippen molar-refractivity contribution in [1.82, 2.24) is 5.43 Å². The number of unbranched alkanes of at least 4 members (excludes halogenated alkanes) is 1. The molecule has 0 saturated heterocycles. The van der Waals surface area contributed by atoms with Gasteiger partial charge in [-0.15, -0.1) is 0 Å². The van der Waals surface area contributed by atoms with Crippen LogP contribution in [0.3, 0.4) is 0 Å². The lowest BCUT2D eigenvalue weighted by molar-refractivity contribution is -0.143. The Bertz CT molecular complexity index is 773. The van der Waals surface area contributed by atoms with Crippen molar-refractivity contribution in [2.24, 2.45) is 10.8 Å². The van der Waals surface area contributed by atoms with E-state index in [9.17, 15) is 4.79 Å². The van der Waals surface area contributed by atoms with Crippen molar-refractivity contribution in [2.45, 2.75) is 32.6 Å². The van der Waals surface area contributed by atoms with Gasteiger partial charge in [0.05, 0.1) is 13.7 Å². The van der Waals surface area contributed by atoms with Gasteiger partial charge >= 0.3 is 5.97 Å². The van der Waals surface area contributed by atoms with Crippen LogP contribution in [-0.2, 0) is 16.0 Å². The van der Waals surface area contributed by atoms with Gasteiger partial charge in [0.25, 0.3) is 0 Å². The number of amidine groups is 1. The molecule has 2 aromatic rings. The first-order chi connectivity index (χ1) is 13.7. The highest BCUT2D eigenvalue weighted by atomic mass is 16.5. The molecule has 6 nitrogen and oxygen atoms in total. The quantitative estimate of drug-likeness (QED) is 0.164. The van der Waals surface area contributed by atoms with Gasteiger partial charge in [-0.05, 0) is 49.4 Å². The molecule has 6 heteroatoms. The lowest BCUT2D eigenvalue weighted by Crippen LogP contribution is -2.31. The summed E-state index contributed by atoms with van der Waals surface area (Å²) in [6.45, 7) is 2.83. The van der Waals surface area contributed by atoms with Crippen LogP contribution in [0.15, 0.2) is 53.5 Å². The molecule has 0 unspecified atom stereocenters. The Morgan fingerprint density at radius 2 is 1.89 bits per heavy atom. The number of aliphatic imine (C=N–C) groups is 1. The molecule has 0 amide bonds. The minimum atomic E-state index is -0.157. The summed E-state index contributed by atoms with van der Waals surface area (Å²) in [5.74, 6) is 6.98. The molecule has 150 valence electrons. The molecule has 0 heterocycles. The van der Waals surface area contributed by atoms with E-state index in [0.29, 0.717) is 25.4 Å². The first-order valence-electron chi connectivity index (χ1n) is 9.55. The van der Waals surface area contributed by atoms with Gasteiger partial charge in [0.1, 0.15) is 11.6 Å². The third-order valence-electron chi connectivity index (χ3n) is 4.27. The van der Waals surface area contributed by atoms with Gasteiger partial charge in [0, 0.05) is 18.5 Å². The van der Waals surface area contributed by atoms with Crippen LogP contribution in [0.1, 0.15) is 42.9 Å². The van der Waals surface area contributed by atoms with Crippen LogP contribution in [0.25, 0.3) is 0 Å². The van der Waals surface area contributed by atoms with Gasteiger partial charge in [-0.3, -0.25) is 9.79 Å². The predicted molar refractivity (Wildman–Crippen MR) is 111 cm³/mol. The number of rotatable bonds is 10. The van der Waals surface area contributed by atoms with E-state index in [1.807, 2.05) is 37.3 Å². The summed E-state index contributed by atoms with van der Waals surface area (Å²) in [5.41, 5.74) is 5.99. The summed E-state index contributed by atoms with van der Waals surface area (Å²) in [7, 11) is 1.67. The van der Waals surface area contributed by atoms with E-state index in [2.05, 4.69) is 28.6 Å². The first kappa shape index (κ1) is 21.4. The largest absolute Gasteiger partial charge is 0.497 e. The molecule has 0 bridgehead atoms. The van der Waals surface area contributed by atoms with E-state index in [1.54, 1.807) is 7.11 Å². The summed E-state index contributed by atoms with van der Waals surface area (Å²) < 4.78 is 10.2. The highest BCUT2D eigenvalue weighted by Gasteiger charge is 2.04. The van der Waals surface area contributed by atoms with Gasteiger partial charge in [0.15, 0.2) is 0 Å². The van der Waals surface area contributed by atoms with Crippen molar-refractivity contribution in [1.29, 1.82) is 0 Å². The molecule has 2 aromatic carbocycles. The Morgan fingerprint density at radius 3 is 2.57 bits per heavy atom. The Morgan fingerprint density at radius 1 is 1.11 bits per heavy atom. The van der Waals surface area contributed by atoms with Gasteiger partial charge < -0.3 is 14.9 Å². The summed E-state index contributed by atoms with van der Waals surface area (Å²) in [5, 5.41) is 0. The number of hydrogen-bond donors (Lipinski definition) is 2. The molecule has 2 rings (SSSR count). The van der Waals surface area contributed by atoms with Crippen LogP contribution in [0.5, 0.6) is 5.75 Å². The normalized spacial score (nSPS) is 11.2. The third-order valence-corrected chi connectivity index (χ3v) is 4.27. The lowest BCUT2D eigenvalue weighted by atomic mass is 10.0. The number of benzene rings is 2. The fourth-order valence-corrected chi connectivity index (χ4v) is 2.82. The molecule has 0 atom stereocenters. The molecule has 3 N–H and O–H groups in total. The number of ether oxygens (including phenoxy) is 2. The second kappa shape index (κ2) is 11.8. The summed E-state index contributed by atoms with van der Waals surface area (Å²) in [6.07, 6.45) is 2.80. The maximum absolute atomic E-state index is 11.3. The molecule has 0 aliphatic heterocycles. The van der Waals surface area contributed by atoms with Gasteiger partial charge in [-0.1, -0.05) is 36.4 Å². The number of carbonyl (C=O) groups is 1. The van der Waals surface area contributed by atoms with Crippen molar-refractivity contribution in [2.75, 3.05) is 20.3 Å². The van der Waals surface area contributed by atoms with Crippen LogP contribution in [0.2, 0.25) is 0 Å². The first-order valence-corrected chi connectivity index (χ1v) is 9.55. The Kier molecular flexibility index (Phi) is 9.01. The topological polar surface area (TPSA) is 85.9 Å². The van der Waals surface area contributed by atoms with E-state index < -0.39 is 0 Å². The smallest absolute Gasteiger partial charge is 0.305 e. The predicted octanol–water partition coefficient (Wildman–Crippen LogP) is 3.23. The summed E-state index contributed by atoms with van der Waals surface area (Å²) >= 11 is 0. The average Bonchev–Trinajstić information content (AvgIpc) is 2.72. The molecule has 0 aromatic heterocycles. The number of hydrogen-bond acceptors (Lipinski definition) is 5. The monoisotopic (exact) mass is 383 g/mol. The number of carbonyl (C=O) groups excluding carboxylic acids is 1. The average molecular weight is 383 g/mol. The van der Waals surface area contributed by atoms with Crippen molar-refractivity contribution in [3.05, 3.63) is 65.2 Å². The van der Waals surface area contributed by atoms with E-state index in [0.717, 1.165) is 30.6 Å². The molecule has 0 aliphatic rings. The molecule has 28 heavy (non-hydrogen) atoms. The van der Waals surface area contributed by atoms with E-state index in [4.69, 9.17) is 15.3 Å². The second-order valence-electron chi connectivity index (χ2n) is 6.36.